The molecule has 0 atom stereocenters. The Morgan fingerprint density at radius 2 is 1.93 bits per heavy atom. The average molecular weight is 434 g/mol. The molecule has 29 heavy (non-hydrogen) atoms. The Morgan fingerprint density at radius 1 is 1.21 bits per heavy atom. The number of anilines is 1. The van der Waals surface area contributed by atoms with Gasteiger partial charge in [0.1, 0.15) is 5.82 Å². The normalized spacial score (nSPS) is 16.2. The van der Waals surface area contributed by atoms with E-state index in [2.05, 4.69) is 10.3 Å². The van der Waals surface area contributed by atoms with Gasteiger partial charge in [0.2, 0.25) is 15.9 Å². The molecule has 1 saturated heterocycles. The molecule has 0 unspecified atom stereocenters. The van der Waals surface area contributed by atoms with Gasteiger partial charge in [-0.1, -0.05) is 23.5 Å². The number of aromatic nitrogens is 1. The van der Waals surface area contributed by atoms with E-state index in [0.29, 0.717) is 23.5 Å². The van der Waals surface area contributed by atoms with E-state index >= 15 is 0 Å². The van der Waals surface area contributed by atoms with E-state index < -0.39 is 15.8 Å². The first kappa shape index (κ1) is 19.9. The van der Waals surface area contributed by atoms with Crippen LogP contribution in [0.4, 0.5) is 9.52 Å². The number of carbonyl (C=O) groups excluding carboxylic acids is 1. The number of thiazole rings is 1. The highest BCUT2D eigenvalue weighted by Gasteiger charge is 2.33. The number of halogens is 1. The summed E-state index contributed by atoms with van der Waals surface area (Å²) in [5, 5.41) is 3.41. The maximum absolute atomic E-state index is 13.3. The van der Waals surface area contributed by atoms with E-state index in [4.69, 9.17) is 0 Å². The second kappa shape index (κ2) is 7.81. The molecule has 152 valence electrons. The summed E-state index contributed by atoms with van der Waals surface area (Å²) >= 11 is 1.41. The second-order valence-corrected chi connectivity index (χ2v) is 10.0. The van der Waals surface area contributed by atoms with Gasteiger partial charge in [-0.15, -0.1) is 0 Å². The van der Waals surface area contributed by atoms with Crippen molar-refractivity contribution < 1.29 is 17.6 Å². The SMILES string of the molecule is Cc1cc(F)ccc1S(=O)(=O)N1CCC(C(=O)Nc2nc3ccccc3s2)CC1. The molecule has 0 bridgehead atoms. The first-order valence-electron chi connectivity index (χ1n) is 9.27. The predicted molar refractivity (Wildman–Crippen MR) is 111 cm³/mol. The monoisotopic (exact) mass is 433 g/mol. The fourth-order valence-corrected chi connectivity index (χ4v) is 6.08. The van der Waals surface area contributed by atoms with E-state index in [9.17, 15) is 17.6 Å². The van der Waals surface area contributed by atoms with Crippen LogP contribution in [0.3, 0.4) is 0 Å². The molecule has 1 aromatic heterocycles. The zero-order chi connectivity index (χ0) is 20.6. The molecule has 2 aromatic carbocycles. The number of carbonyl (C=O) groups is 1. The molecule has 9 heteroatoms. The lowest BCUT2D eigenvalue weighted by Crippen LogP contribution is -2.41. The van der Waals surface area contributed by atoms with Gasteiger partial charge < -0.3 is 5.32 Å². The highest BCUT2D eigenvalue weighted by atomic mass is 32.2. The fourth-order valence-electron chi connectivity index (χ4n) is 3.53. The Morgan fingerprint density at radius 3 is 2.62 bits per heavy atom. The van der Waals surface area contributed by atoms with Gasteiger partial charge in [0, 0.05) is 19.0 Å². The number of para-hydroxylation sites is 1. The molecule has 1 fully saturated rings. The molecule has 0 spiro atoms. The van der Waals surface area contributed by atoms with Crippen LogP contribution in [0.2, 0.25) is 0 Å². The molecule has 0 aliphatic carbocycles. The maximum atomic E-state index is 13.3. The Hall–Kier alpha value is -2.36. The minimum absolute atomic E-state index is 0.108. The topological polar surface area (TPSA) is 79.4 Å². The van der Waals surface area contributed by atoms with E-state index in [1.54, 1.807) is 6.92 Å². The van der Waals surface area contributed by atoms with Crippen LogP contribution < -0.4 is 5.32 Å². The molecule has 2 heterocycles. The quantitative estimate of drug-likeness (QED) is 0.679. The number of nitrogens with zero attached hydrogens (tertiary/aromatic N) is 2. The van der Waals surface area contributed by atoms with E-state index in [1.165, 1.54) is 27.8 Å². The van der Waals surface area contributed by atoms with Gasteiger partial charge in [-0.05, 0) is 55.7 Å². The number of sulfonamides is 1. The predicted octanol–water partition coefficient (Wildman–Crippen LogP) is 3.78. The van der Waals surface area contributed by atoms with E-state index in [-0.39, 0.29) is 29.8 Å². The number of piperidine rings is 1. The van der Waals surface area contributed by atoms with Crippen LogP contribution in [-0.4, -0.2) is 36.7 Å². The summed E-state index contributed by atoms with van der Waals surface area (Å²) in [6.07, 6.45) is 0.854. The van der Waals surface area contributed by atoms with Gasteiger partial charge in [0.05, 0.1) is 15.1 Å². The summed E-state index contributed by atoms with van der Waals surface area (Å²) in [7, 11) is -3.71. The first-order valence-corrected chi connectivity index (χ1v) is 11.5. The maximum Gasteiger partial charge on any atom is 0.243 e. The Bertz CT molecular complexity index is 1140. The van der Waals surface area contributed by atoms with Crippen LogP contribution >= 0.6 is 11.3 Å². The van der Waals surface area contributed by atoms with Crippen molar-refractivity contribution in [2.45, 2.75) is 24.7 Å². The van der Waals surface area contributed by atoms with Crippen LogP contribution in [0, 0.1) is 18.7 Å². The average Bonchev–Trinajstić information content (AvgIpc) is 3.10. The van der Waals surface area contributed by atoms with Crippen molar-refractivity contribution in [2.24, 2.45) is 5.92 Å². The molecular formula is C20H20FN3O3S2. The third-order valence-corrected chi connectivity index (χ3v) is 8.11. The van der Waals surface area contributed by atoms with Gasteiger partial charge in [-0.2, -0.15) is 4.31 Å². The second-order valence-electron chi connectivity index (χ2n) is 7.06. The van der Waals surface area contributed by atoms with Crippen LogP contribution in [0.15, 0.2) is 47.4 Å². The molecule has 1 aliphatic rings. The molecule has 4 rings (SSSR count). The zero-order valence-electron chi connectivity index (χ0n) is 15.8. The minimum Gasteiger partial charge on any atom is -0.302 e. The summed E-state index contributed by atoms with van der Waals surface area (Å²) in [5.74, 6) is -0.881. The molecule has 0 radical (unpaired) electrons. The highest BCUT2D eigenvalue weighted by Crippen LogP contribution is 2.29. The summed E-state index contributed by atoms with van der Waals surface area (Å²) in [6.45, 7) is 2.07. The van der Waals surface area contributed by atoms with Gasteiger partial charge in [-0.25, -0.2) is 17.8 Å². The highest BCUT2D eigenvalue weighted by molar-refractivity contribution is 7.89. The standard InChI is InChI=1S/C20H20FN3O3S2/c1-13-12-15(21)6-7-18(13)29(26,27)24-10-8-14(9-11-24)19(25)23-20-22-16-4-2-3-5-17(16)28-20/h2-7,12,14H,8-11H2,1H3,(H,22,23,25). The van der Waals surface area contributed by atoms with Gasteiger partial charge in [0.25, 0.3) is 0 Å². The number of nitrogens with one attached hydrogen (secondary N) is 1. The van der Waals surface area contributed by atoms with Crippen LogP contribution in [0.25, 0.3) is 10.2 Å². The lowest BCUT2D eigenvalue weighted by Gasteiger charge is -2.30. The van der Waals surface area contributed by atoms with Crippen molar-refractivity contribution in [1.82, 2.24) is 9.29 Å². The van der Waals surface area contributed by atoms with Gasteiger partial charge >= 0.3 is 0 Å². The van der Waals surface area contributed by atoms with Crippen molar-refractivity contribution in [3.63, 3.8) is 0 Å². The number of aryl methyl sites for hydroxylation is 1. The van der Waals surface area contributed by atoms with Crippen LogP contribution in [-0.2, 0) is 14.8 Å². The number of hydrogen-bond acceptors (Lipinski definition) is 5. The van der Waals surface area contributed by atoms with Crippen molar-refractivity contribution in [2.75, 3.05) is 18.4 Å². The van der Waals surface area contributed by atoms with Crippen LogP contribution in [0.1, 0.15) is 18.4 Å². The number of benzene rings is 2. The number of fused-ring (bicyclic) bond motifs is 1. The molecule has 1 aliphatic heterocycles. The summed E-state index contributed by atoms with van der Waals surface area (Å²) < 4.78 is 41.4. The summed E-state index contributed by atoms with van der Waals surface area (Å²) in [4.78, 5) is 17.1. The Balaban J connectivity index is 1.41. The summed E-state index contributed by atoms with van der Waals surface area (Å²) in [5.41, 5.74) is 1.21. The van der Waals surface area contributed by atoms with Crippen molar-refractivity contribution in [3.8, 4) is 0 Å². The third-order valence-electron chi connectivity index (χ3n) is 5.10. The van der Waals surface area contributed by atoms with Crippen molar-refractivity contribution >= 4 is 42.6 Å². The third kappa shape index (κ3) is 4.03. The number of hydrogen-bond donors (Lipinski definition) is 1. The molecule has 3 aromatic rings. The van der Waals surface area contributed by atoms with Crippen LogP contribution in [0.5, 0.6) is 0 Å². The fraction of sp³-hybridized carbons (Fsp3) is 0.300. The molecular weight excluding hydrogens is 413 g/mol. The largest absolute Gasteiger partial charge is 0.302 e. The van der Waals surface area contributed by atoms with E-state index in [1.807, 2.05) is 24.3 Å². The minimum atomic E-state index is -3.71. The smallest absolute Gasteiger partial charge is 0.243 e. The number of rotatable bonds is 4. The van der Waals surface area contributed by atoms with Crippen molar-refractivity contribution in [3.05, 3.63) is 53.8 Å². The molecule has 0 saturated carbocycles. The van der Waals surface area contributed by atoms with Crippen molar-refractivity contribution in [1.29, 1.82) is 0 Å². The van der Waals surface area contributed by atoms with Gasteiger partial charge in [-0.3, -0.25) is 4.79 Å². The molecule has 1 N–H and O–H groups in total. The summed E-state index contributed by atoms with van der Waals surface area (Å²) in [6, 6.07) is 11.3. The van der Waals surface area contributed by atoms with E-state index in [0.717, 1.165) is 16.3 Å². The Labute approximate surface area is 172 Å². The lowest BCUT2D eigenvalue weighted by atomic mass is 9.97. The molecule has 1 amide bonds. The van der Waals surface area contributed by atoms with Gasteiger partial charge in [0.15, 0.2) is 5.13 Å². The zero-order valence-corrected chi connectivity index (χ0v) is 17.4. The number of amides is 1. The first-order chi connectivity index (χ1) is 13.8. The lowest BCUT2D eigenvalue weighted by molar-refractivity contribution is -0.120. The molecule has 6 nitrogen and oxygen atoms in total. The Kier molecular flexibility index (Phi) is 5.37.